The molecule has 0 saturated carbocycles. The number of hydrogen-bond donors (Lipinski definition) is 1. The maximum atomic E-state index is 11.2. The van der Waals surface area contributed by atoms with Crippen LogP contribution >= 0.6 is 58.0 Å². The third kappa shape index (κ3) is 2.57. The minimum atomic E-state index is 0.0446. The lowest BCUT2D eigenvalue weighted by atomic mass is 10.0. The van der Waals surface area contributed by atoms with Gasteiger partial charge in [0, 0.05) is 22.9 Å². The molecule has 0 aliphatic rings. The summed E-state index contributed by atoms with van der Waals surface area (Å²) in [6, 6.07) is 1.39. The smallest absolute Gasteiger partial charge is 0.150 e. The molecule has 2 N–H and O–H groups in total. The number of aldehydes is 1. The van der Waals surface area contributed by atoms with E-state index < -0.39 is 0 Å². The van der Waals surface area contributed by atoms with E-state index >= 15 is 0 Å². The quantitative estimate of drug-likeness (QED) is 0.437. The second-order valence-electron chi connectivity index (χ2n) is 3.76. The Morgan fingerprint density at radius 3 is 1.95 bits per heavy atom. The van der Waals surface area contributed by atoms with E-state index in [1.54, 1.807) is 0 Å². The van der Waals surface area contributed by atoms with Crippen LogP contribution in [0.3, 0.4) is 0 Å². The zero-order valence-corrected chi connectivity index (χ0v) is 13.3. The van der Waals surface area contributed by atoms with Crippen LogP contribution in [0.2, 0.25) is 25.1 Å². The van der Waals surface area contributed by atoms with E-state index in [0.717, 1.165) is 0 Å². The molecule has 1 aromatic carbocycles. The van der Waals surface area contributed by atoms with Gasteiger partial charge < -0.3 is 5.73 Å². The highest BCUT2D eigenvalue weighted by Crippen LogP contribution is 2.48. The summed E-state index contributed by atoms with van der Waals surface area (Å²) in [4.78, 5) is 15.1. The van der Waals surface area contributed by atoms with E-state index in [2.05, 4.69) is 4.98 Å². The molecule has 2 rings (SSSR count). The average Bonchev–Trinajstić information content (AvgIpc) is 2.44. The van der Waals surface area contributed by atoms with E-state index in [1.807, 2.05) is 0 Å². The lowest BCUT2D eigenvalue weighted by molar-refractivity contribution is 0.112. The number of nitrogens with two attached hydrogens (primary N) is 1. The van der Waals surface area contributed by atoms with Crippen LogP contribution in [0, 0.1) is 0 Å². The van der Waals surface area contributed by atoms with Crippen molar-refractivity contribution in [1.29, 1.82) is 0 Å². The number of halogens is 5. The van der Waals surface area contributed by atoms with Gasteiger partial charge in [0.1, 0.15) is 5.82 Å². The van der Waals surface area contributed by atoms with Crippen molar-refractivity contribution in [2.45, 2.75) is 0 Å². The van der Waals surface area contributed by atoms with Crippen molar-refractivity contribution in [2.24, 2.45) is 0 Å². The van der Waals surface area contributed by atoms with Gasteiger partial charge in [0.25, 0.3) is 0 Å². The maximum Gasteiger partial charge on any atom is 0.150 e. The molecule has 0 unspecified atom stereocenters. The summed E-state index contributed by atoms with van der Waals surface area (Å²) in [5.41, 5.74) is 6.44. The summed E-state index contributed by atoms with van der Waals surface area (Å²) in [5, 5.41) is 0.308. The number of carbonyl (C=O) groups excluding carboxylic acids is 1. The molecule has 0 saturated heterocycles. The van der Waals surface area contributed by atoms with Crippen molar-refractivity contribution < 1.29 is 4.79 Å². The molecule has 8 heteroatoms. The van der Waals surface area contributed by atoms with Crippen molar-refractivity contribution >= 4 is 70.1 Å². The van der Waals surface area contributed by atoms with Gasteiger partial charge in [-0.2, -0.15) is 0 Å². The van der Waals surface area contributed by atoms with Crippen LogP contribution in [0.25, 0.3) is 11.1 Å². The van der Waals surface area contributed by atoms with Gasteiger partial charge >= 0.3 is 0 Å². The molecule has 0 aliphatic carbocycles. The van der Waals surface area contributed by atoms with Crippen molar-refractivity contribution in [3.8, 4) is 11.1 Å². The van der Waals surface area contributed by atoms with Gasteiger partial charge in [-0.3, -0.25) is 4.79 Å². The molecule has 1 aromatic heterocycles. The molecule has 0 aliphatic heterocycles. The van der Waals surface area contributed by atoms with Crippen molar-refractivity contribution in [3.05, 3.63) is 42.9 Å². The lowest BCUT2D eigenvalue weighted by Gasteiger charge is -2.14. The maximum absolute atomic E-state index is 11.2. The number of rotatable bonds is 2. The second-order valence-corrected chi connectivity index (χ2v) is 5.65. The molecular formula is C12H5Cl5N2O. The molecule has 0 bridgehead atoms. The highest BCUT2D eigenvalue weighted by Gasteiger charge is 2.22. The molecular weight excluding hydrogens is 365 g/mol. The molecule has 3 nitrogen and oxygen atoms in total. The van der Waals surface area contributed by atoms with E-state index in [0.29, 0.717) is 11.8 Å². The van der Waals surface area contributed by atoms with Gasteiger partial charge in [-0.05, 0) is 6.07 Å². The van der Waals surface area contributed by atoms with Crippen LogP contribution in [-0.4, -0.2) is 11.3 Å². The van der Waals surface area contributed by atoms with Gasteiger partial charge in [-0.25, -0.2) is 4.98 Å². The van der Waals surface area contributed by atoms with Gasteiger partial charge in [-0.1, -0.05) is 58.0 Å². The number of aromatic nitrogens is 1. The summed E-state index contributed by atoms with van der Waals surface area (Å²) in [5.74, 6) is 0.189. The first-order chi connectivity index (χ1) is 9.38. The SMILES string of the molecule is Nc1cc(C=O)c(-c2c(Cl)c(Cl)c(Cl)c(Cl)c2Cl)cn1. The van der Waals surface area contributed by atoms with Gasteiger partial charge in [0.2, 0.25) is 0 Å². The summed E-state index contributed by atoms with van der Waals surface area (Å²) < 4.78 is 0. The largest absolute Gasteiger partial charge is 0.384 e. The molecule has 0 radical (unpaired) electrons. The molecule has 0 atom stereocenters. The predicted octanol–water partition coefficient (Wildman–Crippen LogP) is 5.41. The number of hydrogen-bond acceptors (Lipinski definition) is 3. The van der Waals surface area contributed by atoms with Crippen LogP contribution in [-0.2, 0) is 0 Å². The molecule has 0 fully saturated rings. The molecule has 0 spiro atoms. The number of carbonyl (C=O) groups is 1. The highest BCUT2D eigenvalue weighted by atomic mass is 35.5. The predicted molar refractivity (Wildman–Crippen MR) is 84.5 cm³/mol. The Morgan fingerprint density at radius 2 is 1.45 bits per heavy atom. The third-order valence-electron chi connectivity index (χ3n) is 2.56. The summed E-state index contributed by atoms with van der Waals surface area (Å²) in [7, 11) is 0. The first kappa shape index (κ1) is 15.7. The lowest BCUT2D eigenvalue weighted by Crippen LogP contribution is -1.97. The van der Waals surface area contributed by atoms with Gasteiger partial charge in [0.15, 0.2) is 6.29 Å². The Hall–Kier alpha value is -0.710. The van der Waals surface area contributed by atoms with E-state index in [9.17, 15) is 4.79 Å². The molecule has 2 aromatic rings. The Balaban J connectivity index is 2.87. The summed E-state index contributed by atoms with van der Waals surface area (Å²) in [6.45, 7) is 0. The molecule has 20 heavy (non-hydrogen) atoms. The summed E-state index contributed by atoms with van der Waals surface area (Å²) in [6.07, 6.45) is 1.98. The zero-order chi connectivity index (χ0) is 15.0. The van der Waals surface area contributed by atoms with Crippen LogP contribution < -0.4 is 5.73 Å². The first-order valence-electron chi connectivity index (χ1n) is 5.11. The van der Waals surface area contributed by atoms with Crippen LogP contribution in [0.5, 0.6) is 0 Å². The first-order valence-corrected chi connectivity index (χ1v) is 7.00. The van der Waals surface area contributed by atoms with Crippen LogP contribution in [0.1, 0.15) is 10.4 Å². The summed E-state index contributed by atoms with van der Waals surface area (Å²) >= 11 is 30.2. The fourth-order valence-corrected chi connectivity index (χ4v) is 2.98. The minimum Gasteiger partial charge on any atom is -0.384 e. The number of pyridine rings is 1. The standard InChI is InChI=1S/C12H5Cl5N2O/c13-8-7(9(14)11(16)12(17)10(8)15)5-2-19-6(18)1-4(5)3-20/h1-3H,(H2,18,19). The molecule has 0 amide bonds. The monoisotopic (exact) mass is 368 g/mol. The van der Waals surface area contributed by atoms with Crippen molar-refractivity contribution in [1.82, 2.24) is 4.98 Å². The average molecular weight is 370 g/mol. The van der Waals surface area contributed by atoms with Crippen molar-refractivity contribution in [3.63, 3.8) is 0 Å². The number of benzene rings is 1. The fourth-order valence-electron chi connectivity index (χ4n) is 1.64. The van der Waals surface area contributed by atoms with Crippen LogP contribution in [0.15, 0.2) is 12.3 Å². The third-order valence-corrected chi connectivity index (χ3v) is 4.84. The Labute approximate surface area is 139 Å². The van der Waals surface area contributed by atoms with Gasteiger partial charge in [0.05, 0.1) is 25.1 Å². The normalized spacial score (nSPS) is 10.7. The zero-order valence-electron chi connectivity index (χ0n) is 9.55. The van der Waals surface area contributed by atoms with E-state index in [4.69, 9.17) is 63.7 Å². The Bertz CT molecular complexity index is 688. The topological polar surface area (TPSA) is 56.0 Å². The number of nitrogen functional groups attached to an aromatic ring is 1. The second kappa shape index (κ2) is 5.96. The number of anilines is 1. The molecule has 1 heterocycles. The Morgan fingerprint density at radius 1 is 0.950 bits per heavy atom. The van der Waals surface area contributed by atoms with E-state index in [-0.39, 0.29) is 42.1 Å². The van der Waals surface area contributed by atoms with Crippen molar-refractivity contribution in [2.75, 3.05) is 5.73 Å². The highest BCUT2D eigenvalue weighted by molar-refractivity contribution is 6.56. The number of nitrogens with zero attached hydrogens (tertiary/aromatic N) is 1. The van der Waals surface area contributed by atoms with E-state index in [1.165, 1.54) is 12.3 Å². The minimum absolute atomic E-state index is 0.0446. The fraction of sp³-hybridized carbons (Fsp3) is 0. The Kier molecular flexibility index (Phi) is 4.67. The van der Waals surface area contributed by atoms with Crippen LogP contribution in [0.4, 0.5) is 5.82 Å². The van der Waals surface area contributed by atoms with Gasteiger partial charge in [-0.15, -0.1) is 0 Å². The molecule has 104 valence electrons.